The Morgan fingerprint density at radius 3 is 2.28 bits per heavy atom. The van der Waals surface area contributed by atoms with Gasteiger partial charge in [0.05, 0.1) is 0 Å². The van der Waals surface area contributed by atoms with E-state index in [0.717, 1.165) is 16.3 Å². The largest absolute Gasteiger partial charge is 0.353 e. The summed E-state index contributed by atoms with van der Waals surface area (Å²) in [6.07, 6.45) is 0.345. The fraction of sp³-hybridized carbons (Fsp3) is 0.462. The van der Waals surface area contributed by atoms with E-state index in [1.165, 1.54) is 0 Å². The molecule has 0 bridgehead atoms. The molecule has 2 rings (SSSR count). The van der Waals surface area contributed by atoms with Crippen LogP contribution in [-0.4, -0.2) is 54.0 Å². The van der Waals surface area contributed by atoms with Crippen LogP contribution in [0.2, 0.25) is 0 Å². The van der Waals surface area contributed by atoms with Crippen molar-refractivity contribution in [3.63, 3.8) is 0 Å². The quantitative estimate of drug-likeness (QED) is 0.178. The number of benzene rings is 2. The first-order valence-corrected chi connectivity index (χ1v) is 12.1. The molecule has 0 saturated heterocycles. The molecule has 0 aromatic heterocycles. The fourth-order valence-corrected chi connectivity index (χ4v) is 4.04. The second-order valence-electron chi connectivity index (χ2n) is 9.28. The van der Waals surface area contributed by atoms with Crippen molar-refractivity contribution in [2.75, 3.05) is 13.1 Å². The van der Waals surface area contributed by atoms with Gasteiger partial charge in [0.2, 0.25) is 23.6 Å². The van der Waals surface area contributed by atoms with Gasteiger partial charge in [-0.3, -0.25) is 24.4 Å². The molecule has 4 amide bonds. The first kappa shape index (κ1) is 28.7. The van der Waals surface area contributed by atoms with Crippen LogP contribution in [0, 0.1) is 11.8 Å². The molecule has 0 heterocycles. The van der Waals surface area contributed by atoms with Crippen molar-refractivity contribution in [3.8, 4) is 0 Å². The maximum atomic E-state index is 13.3. The molecule has 10 heteroatoms. The van der Waals surface area contributed by atoms with E-state index in [0.29, 0.717) is 6.42 Å². The zero-order chi connectivity index (χ0) is 26.7. The summed E-state index contributed by atoms with van der Waals surface area (Å²) in [4.78, 5) is 50.6. The van der Waals surface area contributed by atoms with Crippen molar-refractivity contribution >= 4 is 34.4 Å². The van der Waals surface area contributed by atoms with Crippen LogP contribution in [0.3, 0.4) is 0 Å². The van der Waals surface area contributed by atoms with Crippen LogP contribution in [0.25, 0.3) is 10.8 Å². The Morgan fingerprint density at radius 2 is 1.61 bits per heavy atom. The Morgan fingerprint density at radius 1 is 0.917 bits per heavy atom. The molecular formula is C26H37N5O5. The monoisotopic (exact) mass is 499 g/mol. The second kappa shape index (κ2) is 14.2. The molecule has 0 fully saturated rings. The Bertz CT molecular complexity index is 1050. The molecule has 36 heavy (non-hydrogen) atoms. The molecular weight excluding hydrogens is 462 g/mol. The average Bonchev–Trinajstić information content (AvgIpc) is 2.85. The zero-order valence-electron chi connectivity index (χ0n) is 21.0. The van der Waals surface area contributed by atoms with Crippen LogP contribution in [-0.2, 0) is 25.6 Å². The van der Waals surface area contributed by atoms with Gasteiger partial charge in [0, 0.05) is 31.8 Å². The van der Waals surface area contributed by atoms with Gasteiger partial charge in [-0.15, -0.1) is 0 Å². The predicted molar refractivity (Wildman–Crippen MR) is 137 cm³/mol. The van der Waals surface area contributed by atoms with E-state index in [2.05, 4.69) is 16.0 Å². The lowest BCUT2D eigenvalue weighted by molar-refractivity contribution is -0.137. The maximum Gasteiger partial charge on any atom is 0.244 e. The average molecular weight is 500 g/mol. The Labute approximate surface area is 211 Å². The van der Waals surface area contributed by atoms with Gasteiger partial charge >= 0.3 is 0 Å². The SMILES string of the molecule is CC(C)CC(CC(=O)NO)C(=O)N[C@@H](Cc1cccc2ccccc12)C(=O)N[C@@H](C)C(=O)NCCN. The molecule has 2 aromatic rings. The number of hydroxylamine groups is 1. The van der Waals surface area contributed by atoms with E-state index in [1.807, 2.05) is 56.3 Å². The molecule has 0 aliphatic rings. The second-order valence-corrected chi connectivity index (χ2v) is 9.28. The van der Waals surface area contributed by atoms with Crippen molar-refractivity contribution < 1.29 is 24.4 Å². The Hall–Kier alpha value is -3.50. The highest BCUT2D eigenvalue weighted by molar-refractivity contribution is 5.94. The number of hydrogen-bond acceptors (Lipinski definition) is 6. The molecule has 3 atom stereocenters. The lowest BCUT2D eigenvalue weighted by atomic mass is 9.92. The van der Waals surface area contributed by atoms with Gasteiger partial charge in [-0.05, 0) is 35.6 Å². The minimum Gasteiger partial charge on any atom is -0.353 e. The van der Waals surface area contributed by atoms with Crippen molar-refractivity contribution in [1.82, 2.24) is 21.4 Å². The Kier molecular flexibility index (Phi) is 11.3. The summed E-state index contributed by atoms with van der Waals surface area (Å²) in [5, 5.41) is 19.0. The summed E-state index contributed by atoms with van der Waals surface area (Å²) in [6.45, 7) is 5.93. The van der Waals surface area contributed by atoms with Crippen LogP contribution < -0.4 is 27.2 Å². The minimum absolute atomic E-state index is 0.101. The molecule has 0 aliphatic heterocycles. The number of nitrogens with two attached hydrogens (primary N) is 1. The normalized spacial score (nSPS) is 13.5. The molecule has 0 saturated carbocycles. The third-order valence-electron chi connectivity index (χ3n) is 5.82. The van der Waals surface area contributed by atoms with Crippen molar-refractivity contribution in [3.05, 3.63) is 48.0 Å². The summed E-state index contributed by atoms with van der Waals surface area (Å²) >= 11 is 0. The van der Waals surface area contributed by atoms with Crippen LogP contribution in [0.4, 0.5) is 0 Å². The number of hydrogen-bond donors (Lipinski definition) is 6. The number of nitrogens with one attached hydrogen (secondary N) is 4. The van der Waals surface area contributed by atoms with E-state index >= 15 is 0 Å². The number of fused-ring (bicyclic) bond motifs is 1. The topological polar surface area (TPSA) is 163 Å². The van der Waals surface area contributed by atoms with Gasteiger partial charge < -0.3 is 21.7 Å². The molecule has 7 N–H and O–H groups in total. The van der Waals surface area contributed by atoms with E-state index < -0.39 is 35.7 Å². The van der Waals surface area contributed by atoms with Crippen LogP contribution in [0.5, 0.6) is 0 Å². The fourth-order valence-electron chi connectivity index (χ4n) is 4.04. The van der Waals surface area contributed by atoms with Gasteiger partial charge in [0.1, 0.15) is 12.1 Å². The van der Waals surface area contributed by atoms with Gasteiger partial charge in [0.15, 0.2) is 0 Å². The van der Waals surface area contributed by atoms with Gasteiger partial charge in [0.25, 0.3) is 0 Å². The van der Waals surface area contributed by atoms with E-state index in [9.17, 15) is 19.2 Å². The first-order chi connectivity index (χ1) is 17.2. The van der Waals surface area contributed by atoms with Crippen LogP contribution >= 0.6 is 0 Å². The molecule has 0 radical (unpaired) electrons. The maximum absolute atomic E-state index is 13.3. The number of amides is 4. The van der Waals surface area contributed by atoms with Crippen molar-refractivity contribution in [1.29, 1.82) is 0 Å². The summed E-state index contributed by atoms with van der Waals surface area (Å²) in [5.74, 6) is -2.72. The summed E-state index contributed by atoms with van der Waals surface area (Å²) in [5.41, 5.74) is 7.84. The third-order valence-corrected chi connectivity index (χ3v) is 5.82. The minimum atomic E-state index is -1.00. The number of carbonyl (C=O) groups is 4. The lowest BCUT2D eigenvalue weighted by Gasteiger charge is -2.25. The van der Waals surface area contributed by atoms with E-state index in [-0.39, 0.29) is 37.8 Å². The molecule has 10 nitrogen and oxygen atoms in total. The third kappa shape index (κ3) is 8.62. The molecule has 2 aromatic carbocycles. The highest BCUT2D eigenvalue weighted by atomic mass is 16.5. The Balaban J connectivity index is 2.30. The molecule has 0 spiro atoms. The predicted octanol–water partition coefficient (Wildman–Crippen LogP) is 1.00. The lowest BCUT2D eigenvalue weighted by Crippen LogP contribution is -2.54. The highest BCUT2D eigenvalue weighted by Crippen LogP contribution is 2.21. The smallest absolute Gasteiger partial charge is 0.244 e. The highest BCUT2D eigenvalue weighted by Gasteiger charge is 2.29. The summed E-state index contributed by atoms with van der Waals surface area (Å²) in [7, 11) is 0. The van der Waals surface area contributed by atoms with Crippen LogP contribution in [0.1, 0.15) is 39.2 Å². The molecule has 196 valence electrons. The van der Waals surface area contributed by atoms with Crippen LogP contribution in [0.15, 0.2) is 42.5 Å². The molecule has 1 unspecified atom stereocenters. The van der Waals surface area contributed by atoms with Crippen molar-refractivity contribution in [2.45, 2.75) is 52.1 Å². The van der Waals surface area contributed by atoms with Gasteiger partial charge in [-0.2, -0.15) is 0 Å². The summed E-state index contributed by atoms with van der Waals surface area (Å²) < 4.78 is 0. The number of carbonyl (C=O) groups excluding carboxylic acids is 4. The van der Waals surface area contributed by atoms with Gasteiger partial charge in [-0.1, -0.05) is 56.3 Å². The number of rotatable bonds is 13. The van der Waals surface area contributed by atoms with E-state index in [4.69, 9.17) is 10.9 Å². The summed E-state index contributed by atoms with van der Waals surface area (Å²) in [6, 6.07) is 11.6. The molecule has 0 aliphatic carbocycles. The standard InChI is InChI=1S/C26H37N5O5/c1-16(2)13-20(15-23(32)31-36)25(34)30-22(26(35)29-17(3)24(33)28-12-11-27)14-19-9-6-8-18-7-4-5-10-21(18)19/h4-10,16-17,20,22,36H,11-15,27H2,1-3H3,(H,28,33)(H,29,35)(H,30,34)(H,31,32)/t17-,20?,22-/m0/s1. The first-order valence-electron chi connectivity index (χ1n) is 12.1. The van der Waals surface area contributed by atoms with Gasteiger partial charge in [-0.25, -0.2) is 5.48 Å². The van der Waals surface area contributed by atoms with E-state index in [1.54, 1.807) is 12.4 Å². The van der Waals surface area contributed by atoms with Crippen molar-refractivity contribution in [2.24, 2.45) is 17.6 Å². The zero-order valence-corrected chi connectivity index (χ0v) is 21.0.